The van der Waals surface area contributed by atoms with Crippen LogP contribution in [0.4, 0.5) is 11.4 Å². The zero-order valence-corrected chi connectivity index (χ0v) is 14.6. The number of carbonyl (C=O) groups excluding carboxylic acids is 2. The summed E-state index contributed by atoms with van der Waals surface area (Å²) in [6, 6.07) is 10.6. The first-order chi connectivity index (χ1) is 11.4. The van der Waals surface area contributed by atoms with Crippen LogP contribution in [0.5, 0.6) is 0 Å². The van der Waals surface area contributed by atoms with Crippen molar-refractivity contribution in [2.24, 2.45) is 0 Å². The van der Waals surface area contributed by atoms with Crippen molar-refractivity contribution in [3.63, 3.8) is 0 Å². The summed E-state index contributed by atoms with van der Waals surface area (Å²) in [7, 11) is 0. The molecule has 0 aliphatic carbocycles. The van der Waals surface area contributed by atoms with Crippen LogP contribution in [0.1, 0.15) is 23.1 Å². The molecule has 0 bridgehead atoms. The molecule has 124 valence electrons. The topological polar surface area (TPSA) is 49.4 Å². The van der Waals surface area contributed by atoms with Crippen molar-refractivity contribution in [3.8, 4) is 0 Å². The van der Waals surface area contributed by atoms with Gasteiger partial charge in [-0.05, 0) is 50.1 Å². The zero-order chi connectivity index (χ0) is 17.4. The minimum atomic E-state index is -0.556. The van der Waals surface area contributed by atoms with Gasteiger partial charge in [0.15, 0.2) is 0 Å². The highest BCUT2D eigenvalue weighted by Gasteiger charge is 2.39. The minimum absolute atomic E-state index is 0.137. The molecule has 2 amide bonds. The number of benzene rings is 2. The van der Waals surface area contributed by atoms with Crippen LogP contribution in [0.15, 0.2) is 36.4 Å². The first-order valence-electron chi connectivity index (χ1n) is 7.83. The molecule has 0 unspecified atom stereocenters. The number of nitrogens with one attached hydrogen (secondary N) is 1. The molecule has 4 nitrogen and oxygen atoms in total. The third-order valence-electron chi connectivity index (χ3n) is 4.27. The van der Waals surface area contributed by atoms with Gasteiger partial charge in [-0.3, -0.25) is 9.59 Å². The molecule has 0 spiro atoms. The summed E-state index contributed by atoms with van der Waals surface area (Å²) in [6.07, 6.45) is 0.137. The van der Waals surface area contributed by atoms with Crippen molar-refractivity contribution < 1.29 is 9.59 Å². The maximum atomic E-state index is 12.7. The Morgan fingerprint density at radius 3 is 2.46 bits per heavy atom. The highest BCUT2D eigenvalue weighted by atomic mass is 35.5. The summed E-state index contributed by atoms with van der Waals surface area (Å²) in [5, 5.41) is 3.74. The molecule has 0 radical (unpaired) electrons. The predicted octanol–water partition coefficient (Wildman–Crippen LogP) is 4.01. The third kappa shape index (κ3) is 3.02. The van der Waals surface area contributed by atoms with Gasteiger partial charge in [0.05, 0.1) is 12.1 Å². The molecule has 1 aliphatic rings. The lowest BCUT2D eigenvalue weighted by atomic mass is 10.1. The Morgan fingerprint density at radius 1 is 1.04 bits per heavy atom. The highest BCUT2D eigenvalue weighted by Crippen LogP contribution is 2.29. The highest BCUT2D eigenvalue weighted by molar-refractivity contribution is 6.32. The number of rotatable bonds is 3. The Kier molecular flexibility index (Phi) is 4.33. The van der Waals surface area contributed by atoms with Gasteiger partial charge >= 0.3 is 0 Å². The van der Waals surface area contributed by atoms with E-state index in [0.29, 0.717) is 10.7 Å². The van der Waals surface area contributed by atoms with Crippen LogP contribution in [-0.4, -0.2) is 17.9 Å². The third-order valence-corrected chi connectivity index (χ3v) is 4.68. The molecule has 1 aliphatic heterocycles. The van der Waals surface area contributed by atoms with E-state index in [4.69, 9.17) is 11.6 Å². The van der Waals surface area contributed by atoms with Gasteiger partial charge in [0.1, 0.15) is 6.04 Å². The Hall–Kier alpha value is -2.33. The van der Waals surface area contributed by atoms with Crippen LogP contribution in [0.25, 0.3) is 0 Å². The lowest BCUT2D eigenvalue weighted by molar-refractivity contribution is -0.121. The van der Waals surface area contributed by atoms with Gasteiger partial charge in [-0.15, -0.1) is 0 Å². The van der Waals surface area contributed by atoms with E-state index in [9.17, 15) is 9.59 Å². The second-order valence-corrected chi connectivity index (χ2v) is 6.63. The van der Waals surface area contributed by atoms with Crippen molar-refractivity contribution in [1.82, 2.24) is 0 Å². The van der Waals surface area contributed by atoms with E-state index in [1.807, 2.05) is 45.0 Å². The fraction of sp³-hybridized carbons (Fsp3) is 0.263. The summed E-state index contributed by atoms with van der Waals surface area (Å²) in [5.41, 5.74) is 4.50. The number of anilines is 2. The van der Waals surface area contributed by atoms with Gasteiger partial charge in [0.2, 0.25) is 5.91 Å². The van der Waals surface area contributed by atoms with E-state index >= 15 is 0 Å². The van der Waals surface area contributed by atoms with Crippen LogP contribution in [0.3, 0.4) is 0 Å². The molecule has 24 heavy (non-hydrogen) atoms. The largest absolute Gasteiger partial charge is 0.373 e. The van der Waals surface area contributed by atoms with E-state index in [1.165, 1.54) is 4.90 Å². The quantitative estimate of drug-likeness (QED) is 0.857. The van der Waals surface area contributed by atoms with Crippen LogP contribution < -0.4 is 10.2 Å². The second-order valence-electron chi connectivity index (χ2n) is 6.22. The number of nitrogens with zero attached hydrogens (tertiary/aromatic N) is 1. The number of aryl methyl sites for hydroxylation is 3. The van der Waals surface area contributed by atoms with Crippen LogP contribution in [-0.2, 0) is 9.59 Å². The number of halogens is 1. The second kappa shape index (κ2) is 6.29. The molecular weight excluding hydrogens is 324 g/mol. The smallest absolute Gasteiger partial charge is 0.256 e. The van der Waals surface area contributed by atoms with Crippen LogP contribution >= 0.6 is 11.6 Å². The lowest BCUT2D eigenvalue weighted by Gasteiger charge is -2.17. The SMILES string of the molecule is Cc1ccc(N[C@@H]2CC(=O)N(c3ccc(C)c(Cl)c3)C2=O)c(C)c1. The Bertz CT molecular complexity index is 832. The van der Waals surface area contributed by atoms with Gasteiger partial charge in [0, 0.05) is 10.7 Å². The molecular formula is C19H19ClN2O2. The zero-order valence-electron chi connectivity index (χ0n) is 13.9. The van der Waals surface area contributed by atoms with Gasteiger partial charge in [-0.1, -0.05) is 35.4 Å². The maximum absolute atomic E-state index is 12.7. The van der Waals surface area contributed by atoms with Gasteiger partial charge in [-0.25, -0.2) is 4.90 Å². The van der Waals surface area contributed by atoms with E-state index in [-0.39, 0.29) is 18.2 Å². The van der Waals surface area contributed by atoms with E-state index in [0.717, 1.165) is 22.4 Å². The molecule has 1 saturated heterocycles. The standard InChI is InChI=1S/C19H19ClN2O2/c1-11-4-7-16(13(3)8-11)21-17-10-18(23)22(19(17)24)14-6-5-12(2)15(20)9-14/h4-9,17,21H,10H2,1-3H3/t17-/m1/s1. The Labute approximate surface area is 146 Å². The lowest BCUT2D eigenvalue weighted by Crippen LogP contribution is -2.34. The Morgan fingerprint density at radius 2 is 1.79 bits per heavy atom. The summed E-state index contributed by atoms with van der Waals surface area (Å²) in [4.78, 5) is 26.3. The van der Waals surface area contributed by atoms with Gasteiger partial charge in [0.25, 0.3) is 5.91 Å². The number of imide groups is 1. The average Bonchev–Trinajstić information content (AvgIpc) is 2.79. The van der Waals surface area contributed by atoms with Gasteiger partial charge < -0.3 is 5.32 Å². The van der Waals surface area contributed by atoms with Crippen molar-refractivity contribution in [2.75, 3.05) is 10.2 Å². The molecule has 1 N–H and O–H groups in total. The summed E-state index contributed by atoms with van der Waals surface area (Å²) in [6.45, 7) is 5.88. The number of carbonyl (C=O) groups is 2. The molecule has 2 aromatic carbocycles. The van der Waals surface area contributed by atoms with E-state index in [1.54, 1.807) is 12.1 Å². The molecule has 3 rings (SSSR count). The molecule has 2 aromatic rings. The molecule has 0 aromatic heterocycles. The fourth-order valence-electron chi connectivity index (χ4n) is 2.90. The number of hydrogen-bond donors (Lipinski definition) is 1. The summed E-state index contributed by atoms with van der Waals surface area (Å²) < 4.78 is 0. The first-order valence-corrected chi connectivity index (χ1v) is 8.21. The van der Waals surface area contributed by atoms with Crippen molar-refractivity contribution >= 4 is 34.8 Å². The van der Waals surface area contributed by atoms with Crippen molar-refractivity contribution in [3.05, 3.63) is 58.1 Å². The maximum Gasteiger partial charge on any atom is 0.256 e. The average molecular weight is 343 g/mol. The summed E-state index contributed by atoms with van der Waals surface area (Å²) >= 11 is 6.12. The number of hydrogen-bond acceptors (Lipinski definition) is 3. The molecule has 5 heteroatoms. The molecule has 1 fully saturated rings. The number of amides is 2. The monoisotopic (exact) mass is 342 g/mol. The Balaban J connectivity index is 1.84. The summed E-state index contributed by atoms with van der Waals surface area (Å²) in [5.74, 6) is -0.470. The van der Waals surface area contributed by atoms with E-state index < -0.39 is 6.04 Å². The van der Waals surface area contributed by atoms with Crippen molar-refractivity contribution in [1.29, 1.82) is 0 Å². The van der Waals surface area contributed by atoms with Gasteiger partial charge in [-0.2, -0.15) is 0 Å². The minimum Gasteiger partial charge on any atom is -0.373 e. The van der Waals surface area contributed by atoms with E-state index in [2.05, 4.69) is 5.32 Å². The normalized spacial score (nSPS) is 17.5. The van der Waals surface area contributed by atoms with Crippen molar-refractivity contribution in [2.45, 2.75) is 33.2 Å². The van der Waals surface area contributed by atoms with Crippen LogP contribution in [0.2, 0.25) is 5.02 Å². The molecule has 1 atom stereocenters. The first kappa shape index (κ1) is 16.5. The predicted molar refractivity (Wildman–Crippen MR) is 96.6 cm³/mol. The molecule has 0 saturated carbocycles. The van der Waals surface area contributed by atoms with Crippen LogP contribution in [0, 0.1) is 20.8 Å². The molecule has 1 heterocycles. The fourth-order valence-corrected chi connectivity index (χ4v) is 3.07.